The molecule has 0 aliphatic carbocycles. The number of methoxy groups -OCH3 is 1. The Labute approximate surface area is 127 Å². The van der Waals surface area contributed by atoms with E-state index < -0.39 is 5.97 Å². The fourth-order valence-corrected chi connectivity index (χ4v) is 2.03. The van der Waals surface area contributed by atoms with Crippen LogP contribution in [0.3, 0.4) is 0 Å². The molecule has 0 amide bonds. The van der Waals surface area contributed by atoms with Crippen LogP contribution in [-0.2, 0) is 11.3 Å². The highest BCUT2D eigenvalue weighted by atomic mass is 35.5. The van der Waals surface area contributed by atoms with Gasteiger partial charge in [-0.15, -0.1) is 0 Å². The highest BCUT2D eigenvalue weighted by molar-refractivity contribution is 6.33. The van der Waals surface area contributed by atoms with Crippen LogP contribution < -0.4 is 5.32 Å². The number of halogens is 2. The van der Waals surface area contributed by atoms with Crippen molar-refractivity contribution in [2.45, 2.75) is 13.5 Å². The van der Waals surface area contributed by atoms with Crippen molar-refractivity contribution < 1.29 is 13.9 Å². The molecule has 0 saturated carbocycles. The molecule has 2 rings (SSSR count). The Bertz CT molecular complexity index is 673. The SMILES string of the molecule is COC(=O)c1ccc(Cl)c(NCc2ccc(C)c(F)c2)c1. The van der Waals surface area contributed by atoms with Crippen LogP contribution in [0.1, 0.15) is 21.5 Å². The summed E-state index contributed by atoms with van der Waals surface area (Å²) in [5.41, 5.74) is 2.39. The van der Waals surface area contributed by atoms with E-state index in [1.807, 2.05) is 6.07 Å². The molecule has 1 N–H and O–H groups in total. The van der Waals surface area contributed by atoms with E-state index in [1.54, 1.807) is 31.2 Å². The smallest absolute Gasteiger partial charge is 0.337 e. The van der Waals surface area contributed by atoms with Crippen LogP contribution in [0.5, 0.6) is 0 Å². The monoisotopic (exact) mass is 307 g/mol. The molecular weight excluding hydrogens is 293 g/mol. The molecule has 2 aromatic rings. The molecule has 0 fully saturated rings. The lowest BCUT2D eigenvalue weighted by atomic mass is 10.1. The topological polar surface area (TPSA) is 38.3 Å². The van der Waals surface area contributed by atoms with Gasteiger partial charge in [0.25, 0.3) is 0 Å². The van der Waals surface area contributed by atoms with Gasteiger partial charge in [-0.2, -0.15) is 0 Å². The lowest BCUT2D eigenvalue weighted by Gasteiger charge is -2.10. The van der Waals surface area contributed by atoms with Gasteiger partial charge in [0.1, 0.15) is 5.82 Å². The lowest BCUT2D eigenvalue weighted by molar-refractivity contribution is 0.0601. The summed E-state index contributed by atoms with van der Waals surface area (Å²) in [7, 11) is 1.32. The van der Waals surface area contributed by atoms with Crippen molar-refractivity contribution in [2.24, 2.45) is 0 Å². The number of anilines is 1. The Morgan fingerprint density at radius 3 is 2.71 bits per heavy atom. The van der Waals surface area contributed by atoms with Crippen molar-refractivity contribution in [3.8, 4) is 0 Å². The van der Waals surface area contributed by atoms with Crippen molar-refractivity contribution in [1.82, 2.24) is 0 Å². The van der Waals surface area contributed by atoms with Gasteiger partial charge in [0.15, 0.2) is 0 Å². The van der Waals surface area contributed by atoms with Gasteiger partial charge in [-0.1, -0.05) is 23.7 Å². The molecule has 0 saturated heterocycles. The molecule has 0 radical (unpaired) electrons. The van der Waals surface area contributed by atoms with E-state index in [0.717, 1.165) is 5.56 Å². The first-order chi connectivity index (χ1) is 10.0. The quantitative estimate of drug-likeness (QED) is 0.861. The number of benzene rings is 2. The van der Waals surface area contributed by atoms with Gasteiger partial charge in [-0.3, -0.25) is 0 Å². The summed E-state index contributed by atoms with van der Waals surface area (Å²) in [4.78, 5) is 11.5. The fraction of sp³-hybridized carbons (Fsp3) is 0.188. The van der Waals surface area contributed by atoms with Gasteiger partial charge < -0.3 is 10.1 Å². The third-order valence-corrected chi connectivity index (χ3v) is 3.44. The second kappa shape index (κ2) is 6.59. The van der Waals surface area contributed by atoms with Crippen LogP contribution in [0.2, 0.25) is 5.02 Å². The molecule has 2 aromatic carbocycles. The van der Waals surface area contributed by atoms with Gasteiger partial charge in [-0.25, -0.2) is 9.18 Å². The zero-order valence-electron chi connectivity index (χ0n) is 11.7. The number of aryl methyl sites for hydroxylation is 1. The van der Waals surface area contributed by atoms with Crippen molar-refractivity contribution in [2.75, 3.05) is 12.4 Å². The van der Waals surface area contributed by atoms with E-state index in [-0.39, 0.29) is 5.82 Å². The predicted molar refractivity (Wildman–Crippen MR) is 81.3 cm³/mol. The summed E-state index contributed by atoms with van der Waals surface area (Å²) in [5.74, 6) is -0.681. The highest BCUT2D eigenvalue weighted by Crippen LogP contribution is 2.24. The highest BCUT2D eigenvalue weighted by Gasteiger charge is 2.09. The maximum Gasteiger partial charge on any atom is 0.337 e. The third-order valence-electron chi connectivity index (χ3n) is 3.11. The Balaban J connectivity index is 2.15. The van der Waals surface area contributed by atoms with Gasteiger partial charge in [-0.05, 0) is 42.3 Å². The van der Waals surface area contributed by atoms with E-state index in [4.69, 9.17) is 11.6 Å². The second-order valence-electron chi connectivity index (χ2n) is 4.62. The van der Waals surface area contributed by atoms with E-state index in [1.165, 1.54) is 13.2 Å². The normalized spacial score (nSPS) is 10.3. The molecule has 0 aliphatic heterocycles. The van der Waals surface area contributed by atoms with Crippen LogP contribution >= 0.6 is 11.6 Å². The van der Waals surface area contributed by atoms with Crippen LogP contribution in [0.15, 0.2) is 36.4 Å². The maximum absolute atomic E-state index is 13.5. The molecule has 5 heteroatoms. The summed E-state index contributed by atoms with van der Waals surface area (Å²) < 4.78 is 18.1. The first-order valence-electron chi connectivity index (χ1n) is 6.38. The van der Waals surface area contributed by atoms with Crippen LogP contribution in [0.4, 0.5) is 10.1 Å². The number of carbonyl (C=O) groups excluding carboxylic acids is 1. The minimum Gasteiger partial charge on any atom is -0.465 e. The number of esters is 1. The minimum absolute atomic E-state index is 0.247. The molecule has 110 valence electrons. The number of rotatable bonds is 4. The maximum atomic E-state index is 13.5. The van der Waals surface area contributed by atoms with Crippen molar-refractivity contribution >= 4 is 23.3 Å². The zero-order chi connectivity index (χ0) is 15.4. The zero-order valence-corrected chi connectivity index (χ0v) is 12.5. The first kappa shape index (κ1) is 15.3. The number of ether oxygens (including phenoxy) is 1. The van der Waals surface area contributed by atoms with E-state index in [2.05, 4.69) is 10.1 Å². The number of hydrogen-bond donors (Lipinski definition) is 1. The van der Waals surface area contributed by atoms with Crippen LogP contribution in [0.25, 0.3) is 0 Å². The second-order valence-corrected chi connectivity index (χ2v) is 5.03. The molecule has 0 heterocycles. The van der Waals surface area contributed by atoms with Crippen LogP contribution in [0, 0.1) is 12.7 Å². The molecule has 0 spiro atoms. The Morgan fingerprint density at radius 2 is 2.05 bits per heavy atom. The number of hydrogen-bond acceptors (Lipinski definition) is 3. The number of carbonyl (C=O) groups is 1. The summed E-state index contributed by atoms with van der Waals surface area (Å²) in [6.45, 7) is 2.12. The van der Waals surface area contributed by atoms with Gasteiger partial charge in [0.05, 0.1) is 23.4 Å². The molecule has 0 unspecified atom stereocenters. The molecule has 0 atom stereocenters. The standard InChI is InChI=1S/C16H15ClFNO2/c1-10-3-4-11(7-14(10)18)9-19-15-8-12(16(20)21-2)5-6-13(15)17/h3-8,19H,9H2,1-2H3. The van der Waals surface area contributed by atoms with Gasteiger partial charge in [0.2, 0.25) is 0 Å². The average Bonchev–Trinajstić information content (AvgIpc) is 2.49. The van der Waals surface area contributed by atoms with Crippen molar-refractivity contribution in [3.05, 3.63) is 63.9 Å². The van der Waals surface area contributed by atoms with Crippen molar-refractivity contribution in [1.29, 1.82) is 0 Å². The fourth-order valence-electron chi connectivity index (χ4n) is 1.85. The number of nitrogens with one attached hydrogen (secondary N) is 1. The summed E-state index contributed by atoms with van der Waals surface area (Å²) >= 11 is 6.08. The Hall–Kier alpha value is -2.07. The molecule has 0 aliphatic rings. The predicted octanol–water partition coefficient (Wildman–Crippen LogP) is 4.19. The summed E-state index contributed by atoms with van der Waals surface area (Å²) in [5, 5.41) is 3.57. The van der Waals surface area contributed by atoms with E-state index in [9.17, 15) is 9.18 Å². The molecule has 21 heavy (non-hydrogen) atoms. The Morgan fingerprint density at radius 1 is 1.29 bits per heavy atom. The van der Waals surface area contributed by atoms with Gasteiger partial charge >= 0.3 is 5.97 Å². The largest absolute Gasteiger partial charge is 0.465 e. The molecule has 0 bridgehead atoms. The molecule has 0 aromatic heterocycles. The molecular formula is C16H15ClFNO2. The lowest BCUT2D eigenvalue weighted by Crippen LogP contribution is -2.05. The average molecular weight is 308 g/mol. The van der Waals surface area contributed by atoms with Gasteiger partial charge in [0, 0.05) is 6.54 Å². The Kier molecular flexibility index (Phi) is 4.81. The van der Waals surface area contributed by atoms with E-state index in [0.29, 0.717) is 28.4 Å². The summed E-state index contributed by atoms with van der Waals surface area (Å²) in [6.07, 6.45) is 0. The molecule has 3 nitrogen and oxygen atoms in total. The van der Waals surface area contributed by atoms with Crippen molar-refractivity contribution in [3.63, 3.8) is 0 Å². The minimum atomic E-state index is -0.434. The van der Waals surface area contributed by atoms with Crippen LogP contribution in [-0.4, -0.2) is 13.1 Å². The third kappa shape index (κ3) is 3.73. The van der Waals surface area contributed by atoms with E-state index >= 15 is 0 Å². The summed E-state index contributed by atoms with van der Waals surface area (Å²) in [6, 6.07) is 9.85. The first-order valence-corrected chi connectivity index (χ1v) is 6.76.